The highest BCUT2D eigenvalue weighted by Gasteiger charge is 2.70. The molecule has 4 heterocycles. The second kappa shape index (κ2) is 7.28. The van der Waals surface area contributed by atoms with Gasteiger partial charge < -0.3 is 10.3 Å². The van der Waals surface area contributed by atoms with Gasteiger partial charge in [0.05, 0.1) is 11.8 Å². The maximum absolute atomic E-state index is 13.7. The van der Waals surface area contributed by atoms with E-state index >= 15 is 0 Å². The van der Waals surface area contributed by atoms with Crippen LogP contribution >= 0.6 is 0 Å². The second-order valence-electron chi connectivity index (χ2n) is 9.31. The van der Waals surface area contributed by atoms with E-state index in [0.29, 0.717) is 18.7 Å². The van der Waals surface area contributed by atoms with Crippen molar-refractivity contribution in [3.63, 3.8) is 0 Å². The zero-order valence-electron chi connectivity index (χ0n) is 18.4. The predicted octanol–water partition coefficient (Wildman–Crippen LogP) is 2.93. The summed E-state index contributed by atoms with van der Waals surface area (Å²) in [4.78, 5) is 45.4. The molecule has 0 radical (unpaired) electrons. The van der Waals surface area contributed by atoms with Crippen molar-refractivity contribution in [1.29, 1.82) is 0 Å². The minimum Gasteiger partial charge on any atom is -0.361 e. The van der Waals surface area contributed by atoms with Gasteiger partial charge in [-0.2, -0.15) is 0 Å². The molecule has 3 N–H and O–H groups in total. The molecule has 1 spiro atoms. The molecule has 2 aromatic carbocycles. The number of imide groups is 1. The summed E-state index contributed by atoms with van der Waals surface area (Å²) in [6.45, 7) is 2.44. The number of nitrogens with one attached hydrogen (secondary N) is 3. The Morgan fingerprint density at radius 3 is 2.64 bits per heavy atom. The SMILES string of the molecule is CCCCN1C(=O)C2C(Cc3c[nH]c4ccccc34)NC3(C(=O)Nc4ccccc43)C2C1=O. The third-order valence-electron chi connectivity index (χ3n) is 7.56. The number of hydrogen-bond donors (Lipinski definition) is 3. The van der Waals surface area contributed by atoms with Crippen LogP contribution in [0.3, 0.4) is 0 Å². The average Bonchev–Trinajstić information content (AvgIpc) is 3.53. The van der Waals surface area contributed by atoms with Crippen LogP contribution < -0.4 is 10.6 Å². The summed E-state index contributed by atoms with van der Waals surface area (Å²) in [6.07, 6.45) is 4.15. The fourth-order valence-electron chi connectivity index (χ4n) is 6.07. The first-order valence-corrected chi connectivity index (χ1v) is 11.6. The summed E-state index contributed by atoms with van der Waals surface area (Å²) >= 11 is 0. The van der Waals surface area contributed by atoms with Crippen molar-refractivity contribution >= 4 is 34.3 Å². The number of amides is 3. The fraction of sp³-hybridized carbons (Fsp3) is 0.346. The maximum atomic E-state index is 13.7. The van der Waals surface area contributed by atoms with E-state index in [4.69, 9.17) is 0 Å². The number of unbranched alkanes of at least 4 members (excludes halogenated alkanes) is 1. The smallest absolute Gasteiger partial charge is 0.250 e. The van der Waals surface area contributed by atoms with Crippen LogP contribution in [0.2, 0.25) is 0 Å². The molecular weight excluding hydrogens is 416 g/mol. The van der Waals surface area contributed by atoms with Gasteiger partial charge in [0.1, 0.15) is 5.54 Å². The van der Waals surface area contributed by atoms with Gasteiger partial charge in [-0.3, -0.25) is 24.6 Å². The van der Waals surface area contributed by atoms with Crippen LogP contribution in [0.25, 0.3) is 10.9 Å². The van der Waals surface area contributed by atoms with Crippen molar-refractivity contribution in [2.75, 3.05) is 11.9 Å². The Kier molecular flexibility index (Phi) is 4.45. The summed E-state index contributed by atoms with van der Waals surface area (Å²) < 4.78 is 0. The number of benzene rings is 2. The van der Waals surface area contributed by atoms with Crippen LogP contribution in [0.15, 0.2) is 54.7 Å². The quantitative estimate of drug-likeness (QED) is 0.530. The van der Waals surface area contributed by atoms with Crippen LogP contribution in [-0.4, -0.2) is 40.2 Å². The van der Waals surface area contributed by atoms with Gasteiger partial charge in [0.25, 0.3) is 0 Å². The molecule has 3 amide bonds. The number of aromatic amines is 1. The van der Waals surface area contributed by atoms with Crippen LogP contribution in [0.5, 0.6) is 0 Å². The van der Waals surface area contributed by atoms with E-state index in [1.165, 1.54) is 4.90 Å². The van der Waals surface area contributed by atoms with Gasteiger partial charge in [-0.05, 0) is 30.5 Å². The molecule has 0 saturated carbocycles. The normalized spacial score (nSPS) is 28.1. The van der Waals surface area contributed by atoms with Crippen molar-refractivity contribution < 1.29 is 14.4 Å². The molecule has 0 aliphatic carbocycles. The fourth-order valence-corrected chi connectivity index (χ4v) is 6.07. The summed E-state index contributed by atoms with van der Waals surface area (Å²) in [5, 5.41) is 7.57. The van der Waals surface area contributed by atoms with Crippen molar-refractivity contribution in [2.24, 2.45) is 11.8 Å². The van der Waals surface area contributed by atoms with Crippen molar-refractivity contribution in [3.05, 3.63) is 65.9 Å². The Hall–Kier alpha value is -3.45. The number of H-pyrrole nitrogens is 1. The van der Waals surface area contributed by atoms with Gasteiger partial charge in [0.2, 0.25) is 17.7 Å². The first kappa shape index (κ1) is 20.2. The monoisotopic (exact) mass is 442 g/mol. The molecule has 3 aliphatic rings. The number of anilines is 1. The third-order valence-corrected chi connectivity index (χ3v) is 7.56. The highest BCUT2D eigenvalue weighted by Crippen LogP contribution is 2.53. The Morgan fingerprint density at radius 1 is 1.00 bits per heavy atom. The number of carbonyl (C=O) groups is 3. The summed E-state index contributed by atoms with van der Waals surface area (Å²) in [5.74, 6) is -1.98. The van der Waals surface area contributed by atoms with Crippen LogP contribution in [0.1, 0.15) is 30.9 Å². The van der Waals surface area contributed by atoms with E-state index in [1.807, 2.05) is 55.6 Å². The maximum Gasteiger partial charge on any atom is 0.250 e. The molecular formula is C26H26N4O3. The van der Waals surface area contributed by atoms with Gasteiger partial charge in [-0.1, -0.05) is 49.7 Å². The number of likely N-dealkylation sites (tertiary alicyclic amines) is 1. The minimum absolute atomic E-state index is 0.162. The molecule has 7 heteroatoms. The summed E-state index contributed by atoms with van der Waals surface area (Å²) in [5.41, 5.74) is 2.32. The van der Waals surface area contributed by atoms with E-state index in [0.717, 1.165) is 34.9 Å². The lowest BCUT2D eigenvalue weighted by atomic mass is 9.76. The van der Waals surface area contributed by atoms with E-state index in [9.17, 15) is 14.4 Å². The average molecular weight is 443 g/mol. The van der Waals surface area contributed by atoms with Gasteiger partial charge >= 0.3 is 0 Å². The van der Waals surface area contributed by atoms with Crippen LogP contribution in [0, 0.1) is 11.8 Å². The first-order chi connectivity index (χ1) is 16.1. The van der Waals surface area contributed by atoms with Crippen molar-refractivity contribution in [3.8, 4) is 0 Å². The molecule has 3 aromatic rings. The molecule has 2 saturated heterocycles. The first-order valence-electron chi connectivity index (χ1n) is 11.6. The van der Waals surface area contributed by atoms with E-state index in [1.54, 1.807) is 0 Å². The van der Waals surface area contributed by atoms with Crippen LogP contribution in [0.4, 0.5) is 5.69 Å². The topological polar surface area (TPSA) is 94.3 Å². The molecule has 3 aliphatic heterocycles. The van der Waals surface area contributed by atoms with E-state index < -0.39 is 17.4 Å². The summed E-state index contributed by atoms with van der Waals surface area (Å²) in [7, 11) is 0. The molecule has 4 atom stereocenters. The number of carbonyl (C=O) groups excluding carboxylic acids is 3. The lowest BCUT2D eigenvalue weighted by Gasteiger charge is -2.29. The molecule has 33 heavy (non-hydrogen) atoms. The van der Waals surface area contributed by atoms with Gasteiger partial charge in [-0.25, -0.2) is 0 Å². The van der Waals surface area contributed by atoms with Gasteiger partial charge in [0, 0.05) is 40.9 Å². The third kappa shape index (κ3) is 2.69. The van der Waals surface area contributed by atoms with Gasteiger partial charge in [0.15, 0.2) is 0 Å². The Labute approximate surface area is 191 Å². The largest absolute Gasteiger partial charge is 0.361 e. The highest BCUT2D eigenvalue weighted by molar-refractivity contribution is 6.15. The van der Waals surface area contributed by atoms with Crippen molar-refractivity contribution in [1.82, 2.24) is 15.2 Å². The molecule has 6 rings (SSSR count). The van der Waals surface area contributed by atoms with E-state index in [2.05, 4.69) is 21.7 Å². The number of rotatable bonds is 5. The number of aromatic nitrogens is 1. The number of nitrogens with zero attached hydrogens (tertiary/aromatic N) is 1. The molecule has 4 unspecified atom stereocenters. The molecule has 0 bridgehead atoms. The minimum atomic E-state index is -1.23. The van der Waals surface area contributed by atoms with Gasteiger partial charge in [-0.15, -0.1) is 0 Å². The molecule has 168 valence electrons. The number of para-hydroxylation sites is 2. The summed E-state index contributed by atoms with van der Waals surface area (Å²) in [6, 6.07) is 15.2. The molecule has 7 nitrogen and oxygen atoms in total. The predicted molar refractivity (Wildman–Crippen MR) is 124 cm³/mol. The second-order valence-corrected chi connectivity index (χ2v) is 9.31. The van der Waals surface area contributed by atoms with E-state index in [-0.39, 0.29) is 23.8 Å². The molecule has 2 fully saturated rings. The lowest BCUT2D eigenvalue weighted by Crippen LogP contribution is -2.53. The Balaban J connectivity index is 1.46. The standard InChI is InChI=1S/C26H26N4O3/c1-2-3-12-30-23(31)21-20(13-15-14-27-18-10-6-4-8-16(15)18)29-26(22(21)24(30)32)17-9-5-7-11-19(17)28-25(26)33/h4-11,14,20-22,27,29H,2-3,12-13H2,1H3,(H,28,33). The number of hydrogen-bond acceptors (Lipinski definition) is 4. The lowest BCUT2D eigenvalue weighted by molar-refractivity contribution is -0.142. The molecule has 1 aromatic heterocycles. The van der Waals surface area contributed by atoms with Crippen LogP contribution in [-0.2, 0) is 26.3 Å². The van der Waals surface area contributed by atoms with Crippen molar-refractivity contribution in [2.45, 2.75) is 37.8 Å². The Morgan fingerprint density at radius 2 is 1.79 bits per heavy atom. The zero-order valence-corrected chi connectivity index (χ0v) is 18.4. The number of fused-ring (bicyclic) bond motifs is 5. The zero-order chi connectivity index (χ0) is 22.7. The Bertz CT molecular complexity index is 1300. The highest BCUT2D eigenvalue weighted by atomic mass is 16.2.